The predicted molar refractivity (Wildman–Crippen MR) is 135 cm³/mol. The number of fused-ring (bicyclic) bond motifs is 1. The topological polar surface area (TPSA) is 132 Å². The van der Waals surface area contributed by atoms with Gasteiger partial charge in [0.2, 0.25) is 11.8 Å². The van der Waals surface area contributed by atoms with Crippen LogP contribution in [0.3, 0.4) is 0 Å². The highest BCUT2D eigenvalue weighted by Gasteiger charge is 2.17. The summed E-state index contributed by atoms with van der Waals surface area (Å²) in [6.07, 6.45) is 4.68. The molecular weight excluding hydrogens is 491 g/mol. The summed E-state index contributed by atoms with van der Waals surface area (Å²) in [5.41, 5.74) is 4.50. The van der Waals surface area contributed by atoms with Gasteiger partial charge in [-0.1, -0.05) is 35.5 Å². The van der Waals surface area contributed by atoms with Crippen molar-refractivity contribution in [3.05, 3.63) is 101 Å². The Hall–Kier alpha value is -5.32. The normalized spacial score (nSPS) is 11.2. The fourth-order valence-corrected chi connectivity index (χ4v) is 4.20. The highest BCUT2D eigenvalue weighted by Crippen LogP contribution is 2.28. The molecule has 2 N–H and O–H groups in total. The number of aromatic nitrogens is 5. The highest BCUT2D eigenvalue weighted by atomic mass is 19.1. The molecule has 0 aliphatic rings. The molecule has 0 aliphatic carbocycles. The Morgan fingerprint density at radius 1 is 1.00 bits per heavy atom. The average molecular weight is 510 g/mol. The molecule has 0 spiro atoms. The Morgan fingerprint density at radius 3 is 2.53 bits per heavy atom. The number of oxazole rings is 1. The van der Waals surface area contributed by atoms with Crippen LogP contribution in [0.5, 0.6) is 0 Å². The van der Waals surface area contributed by atoms with Gasteiger partial charge in [-0.3, -0.25) is 19.3 Å². The Morgan fingerprint density at radius 2 is 1.82 bits per heavy atom. The molecule has 0 atom stereocenters. The lowest BCUT2D eigenvalue weighted by Crippen LogP contribution is -2.27. The minimum absolute atomic E-state index is 0.00589. The molecule has 0 unspecified atom stereocenters. The van der Waals surface area contributed by atoms with Gasteiger partial charge in [0.25, 0.3) is 0 Å². The van der Waals surface area contributed by atoms with E-state index in [0.29, 0.717) is 34.0 Å². The van der Waals surface area contributed by atoms with Gasteiger partial charge in [0.1, 0.15) is 24.3 Å². The van der Waals surface area contributed by atoms with Crippen LogP contribution in [-0.2, 0) is 17.9 Å². The molecule has 0 saturated carbocycles. The quantitative estimate of drug-likeness (QED) is 0.330. The van der Waals surface area contributed by atoms with E-state index in [9.17, 15) is 14.0 Å². The van der Waals surface area contributed by atoms with E-state index >= 15 is 0 Å². The lowest BCUT2D eigenvalue weighted by Gasteiger charge is -2.10. The van der Waals surface area contributed by atoms with Crippen molar-refractivity contribution < 1.29 is 18.1 Å². The predicted octanol–water partition coefficient (Wildman–Crippen LogP) is 4.16. The van der Waals surface area contributed by atoms with Gasteiger partial charge in [-0.15, -0.1) is 0 Å². The number of carbonyl (C=O) groups excluding carboxylic acids is 1. The fraction of sp³-hybridized carbons (Fsp3) is 0.0741. The van der Waals surface area contributed by atoms with E-state index in [1.165, 1.54) is 24.6 Å². The number of nitrogens with zero attached hydrogens (tertiary/aromatic N) is 4. The van der Waals surface area contributed by atoms with Gasteiger partial charge in [0.15, 0.2) is 5.82 Å². The average Bonchev–Trinajstić information content (AvgIpc) is 3.69. The monoisotopic (exact) mass is 510 g/mol. The number of amides is 1. The van der Waals surface area contributed by atoms with Gasteiger partial charge in [-0.05, 0) is 35.9 Å². The first-order valence-electron chi connectivity index (χ1n) is 11.6. The Kier molecular flexibility index (Phi) is 5.85. The first-order valence-corrected chi connectivity index (χ1v) is 11.6. The van der Waals surface area contributed by atoms with Crippen molar-refractivity contribution in [3.63, 3.8) is 0 Å². The molecule has 0 radical (unpaired) electrons. The second-order valence-corrected chi connectivity index (χ2v) is 8.49. The van der Waals surface area contributed by atoms with Gasteiger partial charge < -0.3 is 14.3 Å². The van der Waals surface area contributed by atoms with Gasteiger partial charge in [-0.2, -0.15) is 0 Å². The van der Waals surface area contributed by atoms with Crippen LogP contribution in [-0.4, -0.2) is 30.6 Å². The second-order valence-electron chi connectivity index (χ2n) is 8.49. The minimum atomic E-state index is -0.608. The number of hydrogen-bond donors (Lipinski definition) is 2. The molecule has 0 saturated heterocycles. The molecule has 4 heterocycles. The number of carbonyl (C=O) groups is 1. The molecule has 6 aromatic rings. The molecule has 0 fully saturated rings. The van der Waals surface area contributed by atoms with Crippen molar-refractivity contribution in [2.45, 2.75) is 13.1 Å². The van der Waals surface area contributed by atoms with Crippen molar-refractivity contribution in [2.75, 3.05) is 0 Å². The van der Waals surface area contributed by atoms with E-state index in [2.05, 4.69) is 29.9 Å². The number of H-pyrrole nitrogens is 1. The molecular formula is C27H19FN6O4. The summed E-state index contributed by atoms with van der Waals surface area (Å²) in [7, 11) is 0. The van der Waals surface area contributed by atoms with Crippen molar-refractivity contribution in [2.24, 2.45) is 0 Å². The molecule has 4 aromatic heterocycles. The number of nitrogens with one attached hydrogen (secondary N) is 2. The number of halogens is 1. The number of rotatable bonds is 7. The van der Waals surface area contributed by atoms with Crippen LogP contribution in [0, 0.1) is 5.82 Å². The molecule has 38 heavy (non-hydrogen) atoms. The first-order chi connectivity index (χ1) is 18.5. The van der Waals surface area contributed by atoms with Crippen LogP contribution < -0.4 is 11.1 Å². The van der Waals surface area contributed by atoms with Crippen LogP contribution in [0.15, 0.2) is 93.1 Å². The van der Waals surface area contributed by atoms with E-state index in [0.717, 1.165) is 16.7 Å². The number of aromatic amines is 1. The smallest absolute Gasteiger partial charge is 0.439 e. The Balaban J connectivity index is 1.13. The van der Waals surface area contributed by atoms with E-state index in [1.54, 1.807) is 22.9 Å². The van der Waals surface area contributed by atoms with Crippen LogP contribution in [0.25, 0.3) is 45.0 Å². The summed E-state index contributed by atoms with van der Waals surface area (Å²) in [4.78, 5) is 35.1. The van der Waals surface area contributed by atoms with Crippen molar-refractivity contribution in [1.82, 2.24) is 30.0 Å². The SMILES string of the molecule is O=C(Cn1c(-c2ncco2)cc2cc(F)ccc21)NCc1ccc(-c2ccc(-c3noc(=O)[nH]3)cc2)cn1. The molecule has 188 valence electrons. The minimum Gasteiger partial charge on any atom is -0.443 e. The van der Waals surface area contributed by atoms with Crippen molar-refractivity contribution in [1.29, 1.82) is 0 Å². The summed E-state index contributed by atoms with van der Waals surface area (Å²) in [5, 5.41) is 7.20. The zero-order valence-corrected chi connectivity index (χ0v) is 19.7. The van der Waals surface area contributed by atoms with Crippen LogP contribution >= 0.6 is 0 Å². The number of hydrogen-bond acceptors (Lipinski definition) is 7. The maximum absolute atomic E-state index is 13.8. The van der Waals surface area contributed by atoms with E-state index < -0.39 is 5.76 Å². The summed E-state index contributed by atoms with van der Waals surface area (Å²) in [5.74, 6) is -0.516. The zero-order chi connectivity index (χ0) is 26.1. The van der Waals surface area contributed by atoms with Crippen LogP contribution in [0.2, 0.25) is 0 Å². The number of pyridine rings is 1. The lowest BCUT2D eigenvalue weighted by molar-refractivity contribution is -0.121. The van der Waals surface area contributed by atoms with E-state index in [4.69, 9.17) is 4.42 Å². The van der Waals surface area contributed by atoms with Gasteiger partial charge >= 0.3 is 5.76 Å². The standard InChI is InChI=1S/C27H19FN6O4/c28-20-6-8-22-19(11-20)12-23(26-29-9-10-37-26)34(22)15-24(35)31-14-21-7-5-18(13-30-21)16-1-3-17(4-2-16)25-32-27(36)38-33-25/h1-13H,14-15H2,(H,31,35)(H,32,33,36). The second kappa shape index (κ2) is 9.62. The third-order valence-corrected chi connectivity index (χ3v) is 6.04. The molecule has 10 nitrogen and oxygen atoms in total. The summed E-state index contributed by atoms with van der Waals surface area (Å²) >= 11 is 0. The Labute approximate surface area is 213 Å². The molecule has 0 aliphatic heterocycles. The molecule has 1 amide bonds. The molecule has 0 bridgehead atoms. The maximum atomic E-state index is 13.8. The third-order valence-electron chi connectivity index (χ3n) is 6.04. The van der Waals surface area contributed by atoms with Gasteiger partial charge in [0, 0.05) is 28.2 Å². The summed E-state index contributed by atoms with van der Waals surface area (Å²) in [6, 6.07) is 17.3. The van der Waals surface area contributed by atoms with Crippen LogP contribution in [0.1, 0.15) is 5.69 Å². The maximum Gasteiger partial charge on any atom is 0.439 e. The van der Waals surface area contributed by atoms with Gasteiger partial charge in [-0.25, -0.2) is 14.2 Å². The lowest BCUT2D eigenvalue weighted by atomic mass is 10.1. The molecule has 11 heteroatoms. The third kappa shape index (κ3) is 4.60. The largest absolute Gasteiger partial charge is 0.443 e. The first kappa shape index (κ1) is 23.1. The molecule has 2 aromatic carbocycles. The van der Waals surface area contributed by atoms with Gasteiger partial charge in [0.05, 0.1) is 18.4 Å². The molecule has 6 rings (SSSR count). The Bertz CT molecular complexity index is 1780. The van der Waals surface area contributed by atoms with Crippen molar-refractivity contribution in [3.8, 4) is 34.1 Å². The zero-order valence-electron chi connectivity index (χ0n) is 19.7. The van der Waals surface area contributed by atoms with E-state index in [1.807, 2.05) is 36.4 Å². The number of benzene rings is 2. The fourth-order valence-electron chi connectivity index (χ4n) is 4.20. The summed E-state index contributed by atoms with van der Waals surface area (Å²) in [6.45, 7) is 0.230. The summed E-state index contributed by atoms with van der Waals surface area (Å²) < 4.78 is 25.5. The highest BCUT2D eigenvalue weighted by molar-refractivity contribution is 5.88. The van der Waals surface area contributed by atoms with Crippen molar-refractivity contribution >= 4 is 16.8 Å². The van der Waals surface area contributed by atoms with Crippen LogP contribution in [0.4, 0.5) is 4.39 Å². The van der Waals surface area contributed by atoms with E-state index in [-0.39, 0.29) is 24.8 Å².